The van der Waals surface area contributed by atoms with E-state index in [1.165, 1.54) is 74.8 Å². The van der Waals surface area contributed by atoms with E-state index >= 15 is 0 Å². The second-order valence-corrected chi connectivity index (χ2v) is 7.37. The minimum Gasteiger partial charge on any atom is -0.382 e. The van der Waals surface area contributed by atoms with Gasteiger partial charge >= 0.3 is 0 Å². The lowest BCUT2D eigenvalue weighted by Gasteiger charge is -2.33. The molecule has 0 radical (unpaired) electrons. The fourth-order valence-electron chi connectivity index (χ4n) is 4.76. The van der Waals surface area contributed by atoms with Gasteiger partial charge in [0, 0.05) is 30.0 Å². The molecule has 114 valence electrons. The van der Waals surface area contributed by atoms with E-state index in [0.717, 1.165) is 12.0 Å². The van der Waals surface area contributed by atoms with Gasteiger partial charge in [0.05, 0.1) is 0 Å². The lowest BCUT2D eigenvalue weighted by Crippen LogP contribution is -2.34. The number of hydrogen-bond donors (Lipinski definition) is 1. The molecule has 3 aliphatic rings. The van der Waals surface area contributed by atoms with Crippen LogP contribution in [0.1, 0.15) is 57.4 Å². The predicted molar refractivity (Wildman–Crippen MR) is 90.2 cm³/mol. The Hall–Kier alpha value is -1.18. The summed E-state index contributed by atoms with van der Waals surface area (Å²) in [6, 6.07) is 8.60. The molecule has 2 heteroatoms. The fourth-order valence-corrected chi connectivity index (χ4v) is 4.76. The molecule has 1 aliphatic carbocycles. The van der Waals surface area contributed by atoms with Gasteiger partial charge in [0.15, 0.2) is 0 Å². The summed E-state index contributed by atoms with van der Waals surface area (Å²) in [6.07, 6.45) is 11.1. The molecule has 1 aromatic rings. The van der Waals surface area contributed by atoms with Crippen LogP contribution in [0.5, 0.6) is 0 Å². The molecule has 2 nitrogen and oxygen atoms in total. The van der Waals surface area contributed by atoms with Crippen molar-refractivity contribution in [2.45, 2.75) is 70.4 Å². The zero-order valence-electron chi connectivity index (χ0n) is 13.3. The number of anilines is 2. The Morgan fingerprint density at radius 2 is 1.90 bits per heavy atom. The molecule has 0 aromatic heterocycles. The molecule has 4 rings (SSSR count). The third kappa shape index (κ3) is 2.54. The molecule has 1 N–H and O–H groups in total. The summed E-state index contributed by atoms with van der Waals surface area (Å²) in [4.78, 5) is 2.73. The van der Waals surface area contributed by atoms with Crippen LogP contribution in [0, 0.1) is 5.92 Å². The van der Waals surface area contributed by atoms with Gasteiger partial charge < -0.3 is 10.2 Å². The SMILES string of the molecule is CC1CCc2cc(N3CCCC3C3CCCC3)ccc2N1. The first-order valence-electron chi connectivity index (χ1n) is 8.97. The Morgan fingerprint density at radius 1 is 1.05 bits per heavy atom. The van der Waals surface area contributed by atoms with Gasteiger partial charge in [-0.05, 0) is 75.1 Å². The van der Waals surface area contributed by atoms with Crippen LogP contribution >= 0.6 is 0 Å². The quantitative estimate of drug-likeness (QED) is 0.854. The van der Waals surface area contributed by atoms with Gasteiger partial charge in [0.2, 0.25) is 0 Å². The molecule has 0 spiro atoms. The van der Waals surface area contributed by atoms with E-state index in [1.807, 2.05) is 0 Å². The standard InChI is InChI=1S/C19H28N2/c1-14-8-9-16-13-17(10-11-18(16)20-14)21-12-4-7-19(21)15-5-2-3-6-15/h10-11,13-15,19-20H,2-9,12H2,1H3. The number of aryl methyl sites for hydroxylation is 1. The smallest absolute Gasteiger partial charge is 0.0376 e. The summed E-state index contributed by atoms with van der Waals surface area (Å²) in [6.45, 7) is 3.55. The highest BCUT2D eigenvalue weighted by molar-refractivity contribution is 5.63. The highest BCUT2D eigenvalue weighted by Gasteiger charge is 2.33. The fraction of sp³-hybridized carbons (Fsp3) is 0.684. The van der Waals surface area contributed by atoms with Gasteiger partial charge in [-0.3, -0.25) is 0 Å². The zero-order valence-corrected chi connectivity index (χ0v) is 13.3. The largest absolute Gasteiger partial charge is 0.382 e. The Kier molecular flexibility index (Phi) is 3.56. The molecule has 0 bridgehead atoms. The van der Waals surface area contributed by atoms with Crippen molar-refractivity contribution in [1.82, 2.24) is 0 Å². The van der Waals surface area contributed by atoms with E-state index in [1.54, 1.807) is 0 Å². The summed E-state index contributed by atoms with van der Waals surface area (Å²) in [5.41, 5.74) is 4.39. The first kappa shape index (κ1) is 13.5. The molecule has 2 heterocycles. The maximum atomic E-state index is 3.63. The van der Waals surface area contributed by atoms with Crippen LogP contribution in [0.15, 0.2) is 18.2 Å². The molecule has 1 saturated heterocycles. The first-order chi connectivity index (χ1) is 10.3. The maximum absolute atomic E-state index is 3.63. The monoisotopic (exact) mass is 284 g/mol. The van der Waals surface area contributed by atoms with Crippen LogP contribution in [-0.4, -0.2) is 18.6 Å². The summed E-state index contributed by atoms with van der Waals surface area (Å²) < 4.78 is 0. The van der Waals surface area contributed by atoms with Crippen LogP contribution in [0.3, 0.4) is 0 Å². The molecular formula is C19H28N2. The first-order valence-corrected chi connectivity index (χ1v) is 8.97. The van der Waals surface area contributed by atoms with E-state index in [0.29, 0.717) is 6.04 Å². The van der Waals surface area contributed by atoms with Crippen LogP contribution in [-0.2, 0) is 6.42 Å². The topological polar surface area (TPSA) is 15.3 Å². The summed E-state index contributed by atoms with van der Waals surface area (Å²) >= 11 is 0. The van der Waals surface area contributed by atoms with Gasteiger partial charge in [0.25, 0.3) is 0 Å². The highest BCUT2D eigenvalue weighted by atomic mass is 15.2. The summed E-state index contributed by atoms with van der Waals surface area (Å²) in [5, 5.41) is 3.63. The van der Waals surface area contributed by atoms with E-state index in [2.05, 4.69) is 35.3 Å². The number of nitrogens with one attached hydrogen (secondary N) is 1. The highest BCUT2D eigenvalue weighted by Crippen LogP contribution is 2.39. The van der Waals surface area contributed by atoms with Gasteiger partial charge in [0.1, 0.15) is 0 Å². The number of hydrogen-bond acceptors (Lipinski definition) is 2. The molecule has 2 aliphatic heterocycles. The average molecular weight is 284 g/mol. The molecule has 1 saturated carbocycles. The van der Waals surface area contributed by atoms with Crippen molar-refractivity contribution in [3.63, 3.8) is 0 Å². The number of rotatable bonds is 2. The average Bonchev–Trinajstić information content (AvgIpc) is 3.17. The van der Waals surface area contributed by atoms with Crippen molar-refractivity contribution < 1.29 is 0 Å². The van der Waals surface area contributed by atoms with E-state index in [9.17, 15) is 0 Å². The third-order valence-corrected chi connectivity index (χ3v) is 5.91. The van der Waals surface area contributed by atoms with Crippen LogP contribution < -0.4 is 10.2 Å². The van der Waals surface area contributed by atoms with Gasteiger partial charge in [-0.25, -0.2) is 0 Å². The second kappa shape index (κ2) is 5.55. The molecule has 21 heavy (non-hydrogen) atoms. The lowest BCUT2D eigenvalue weighted by molar-refractivity contribution is 0.431. The van der Waals surface area contributed by atoms with Crippen molar-refractivity contribution in [3.8, 4) is 0 Å². The minimum atomic E-state index is 0.626. The Labute approximate surface area is 128 Å². The lowest BCUT2D eigenvalue weighted by atomic mass is 9.94. The van der Waals surface area contributed by atoms with Crippen LogP contribution in [0.2, 0.25) is 0 Å². The zero-order chi connectivity index (χ0) is 14.2. The number of benzene rings is 1. The van der Waals surface area contributed by atoms with Gasteiger partial charge in [-0.1, -0.05) is 12.8 Å². The van der Waals surface area contributed by atoms with Crippen LogP contribution in [0.4, 0.5) is 11.4 Å². The van der Waals surface area contributed by atoms with Crippen molar-refractivity contribution in [3.05, 3.63) is 23.8 Å². The molecule has 2 unspecified atom stereocenters. The molecule has 2 atom stereocenters. The van der Waals surface area contributed by atoms with E-state index < -0.39 is 0 Å². The van der Waals surface area contributed by atoms with Crippen molar-refractivity contribution in [1.29, 1.82) is 0 Å². The van der Waals surface area contributed by atoms with Crippen molar-refractivity contribution in [2.24, 2.45) is 5.92 Å². The number of fused-ring (bicyclic) bond motifs is 1. The predicted octanol–water partition coefficient (Wildman–Crippen LogP) is 4.59. The van der Waals surface area contributed by atoms with Crippen molar-refractivity contribution >= 4 is 11.4 Å². The molecule has 2 fully saturated rings. The van der Waals surface area contributed by atoms with Crippen LogP contribution in [0.25, 0.3) is 0 Å². The Bertz CT molecular complexity index is 504. The molecule has 1 aromatic carbocycles. The third-order valence-electron chi connectivity index (χ3n) is 5.91. The van der Waals surface area contributed by atoms with Gasteiger partial charge in [-0.15, -0.1) is 0 Å². The normalized spacial score (nSPS) is 29.5. The second-order valence-electron chi connectivity index (χ2n) is 7.37. The Morgan fingerprint density at radius 3 is 2.76 bits per heavy atom. The van der Waals surface area contributed by atoms with Crippen molar-refractivity contribution in [2.75, 3.05) is 16.8 Å². The van der Waals surface area contributed by atoms with Gasteiger partial charge in [-0.2, -0.15) is 0 Å². The van der Waals surface area contributed by atoms with E-state index in [4.69, 9.17) is 0 Å². The molecule has 0 amide bonds. The Balaban J connectivity index is 1.57. The number of nitrogens with zero attached hydrogens (tertiary/aromatic N) is 1. The summed E-state index contributed by atoms with van der Waals surface area (Å²) in [7, 11) is 0. The van der Waals surface area contributed by atoms with E-state index in [-0.39, 0.29) is 0 Å². The maximum Gasteiger partial charge on any atom is 0.0376 e. The minimum absolute atomic E-state index is 0.626. The molecular weight excluding hydrogens is 256 g/mol. The summed E-state index contributed by atoms with van der Waals surface area (Å²) in [5.74, 6) is 0.960.